The molecule has 0 spiro atoms. The van der Waals surface area contributed by atoms with Gasteiger partial charge in [0.05, 0.1) is 11.0 Å². The van der Waals surface area contributed by atoms with E-state index < -0.39 is 11.9 Å². The van der Waals surface area contributed by atoms with Crippen molar-refractivity contribution in [1.29, 1.82) is 0 Å². The average molecular weight is 381 g/mol. The molecule has 0 aliphatic carbocycles. The second kappa shape index (κ2) is 9.03. The Morgan fingerprint density at radius 1 is 0.964 bits per heavy atom. The first kappa shape index (κ1) is 19.4. The van der Waals surface area contributed by atoms with Gasteiger partial charge in [0.2, 0.25) is 5.91 Å². The number of hydrogen-bond acceptors (Lipinski definition) is 4. The van der Waals surface area contributed by atoms with Crippen LogP contribution in [0.1, 0.15) is 18.9 Å². The molecule has 0 aliphatic rings. The van der Waals surface area contributed by atoms with Crippen LogP contribution in [0, 0.1) is 0 Å². The molecule has 0 atom stereocenters. The summed E-state index contributed by atoms with van der Waals surface area (Å²) in [7, 11) is 0. The highest BCUT2D eigenvalue weighted by Gasteiger charge is 2.15. The number of aromatic nitrogens is 2. The minimum atomic E-state index is -0.530. The van der Waals surface area contributed by atoms with Crippen LogP contribution in [0.4, 0.5) is 0 Å². The van der Waals surface area contributed by atoms with Gasteiger partial charge in [0, 0.05) is 6.54 Å². The van der Waals surface area contributed by atoms with Crippen molar-refractivity contribution in [3.8, 4) is 0 Å². The number of esters is 1. The van der Waals surface area contributed by atoms with Gasteiger partial charge < -0.3 is 10.1 Å². The first-order chi connectivity index (χ1) is 13.6. The van der Waals surface area contributed by atoms with Crippen molar-refractivity contribution in [3.05, 3.63) is 70.6 Å². The van der Waals surface area contributed by atoms with E-state index in [-0.39, 0.29) is 25.4 Å². The number of benzene rings is 2. The van der Waals surface area contributed by atoms with E-state index in [9.17, 15) is 14.4 Å². The highest BCUT2D eigenvalue weighted by molar-refractivity contribution is 5.83. The van der Waals surface area contributed by atoms with Crippen molar-refractivity contribution in [1.82, 2.24) is 14.5 Å². The summed E-state index contributed by atoms with van der Waals surface area (Å²) < 4.78 is 8.22. The van der Waals surface area contributed by atoms with Gasteiger partial charge in [0.25, 0.3) is 0 Å². The Labute approximate surface area is 162 Å². The number of hydrogen-bond donors (Lipinski definition) is 1. The zero-order valence-corrected chi connectivity index (χ0v) is 15.8. The zero-order valence-electron chi connectivity index (χ0n) is 15.8. The standard InChI is InChI=1S/C21H23N3O4/c1-2-12-23-17-10-6-7-11-18(17)24(21(23)27)14-19(25)22-13-20(26)28-15-16-8-4-3-5-9-16/h3-11H,2,12-15H2,1H3,(H,22,25). The van der Waals surface area contributed by atoms with Crippen molar-refractivity contribution in [2.24, 2.45) is 0 Å². The Hall–Kier alpha value is -3.35. The Kier molecular flexibility index (Phi) is 6.26. The molecule has 1 amide bonds. The lowest BCUT2D eigenvalue weighted by atomic mass is 10.2. The van der Waals surface area contributed by atoms with E-state index in [4.69, 9.17) is 4.74 Å². The van der Waals surface area contributed by atoms with Gasteiger partial charge in [-0.15, -0.1) is 0 Å². The largest absolute Gasteiger partial charge is 0.460 e. The Balaban J connectivity index is 1.60. The highest BCUT2D eigenvalue weighted by Crippen LogP contribution is 2.13. The van der Waals surface area contributed by atoms with Crippen LogP contribution >= 0.6 is 0 Å². The number of imidazole rings is 1. The Bertz CT molecular complexity index is 1020. The number of aryl methyl sites for hydroxylation is 1. The maximum absolute atomic E-state index is 12.7. The third kappa shape index (κ3) is 4.49. The van der Waals surface area contributed by atoms with Crippen LogP contribution in [0.5, 0.6) is 0 Å². The molecule has 0 fully saturated rings. The topological polar surface area (TPSA) is 82.3 Å². The molecule has 0 unspecified atom stereocenters. The zero-order chi connectivity index (χ0) is 19.9. The average Bonchev–Trinajstić information content (AvgIpc) is 2.98. The summed E-state index contributed by atoms with van der Waals surface area (Å²) >= 11 is 0. The van der Waals surface area contributed by atoms with Crippen LogP contribution in [0.2, 0.25) is 0 Å². The number of rotatable bonds is 8. The van der Waals surface area contributed by atoms with Gasteiger partial charge in [0.15, 0.2) is 0 Å². The number of nitrogens with zero attached hydrogens (tertiary/aromatic N) is 2. The molecule has 28 heavy (non-hydrogen) atoms. The van der Waals surface area contributed by atoms with Crippen LogP contribution in [0.15, 0.2) is 59.4 Å². The summed E-state index contributed by atoms with van der Waals surface area (Å²) in [5.74, 6) is -0.948. The molecule has 1 N–H and O–H groups in total. The van der Waals surface area contributed by atoms with Crippen LogP contribution in [-0.2, 0) is 34.0 Å². The predicted octanol–water partition coefficient (Wildman–Crippen LogP) is 2.07. The fraction of sp³-hybridized carbons (Fsp3) is 0.286. The lowest BCUT2D eigenvalue weighted by Crippen LogP contribution is -2.36. The van der Waals surface area contributed by atoms with Gasteiger partial charge in [0.1, 0.15) is 19.7 Å². The molecule has 1 aromatic heterocycles. The molecule has 3 aromatic rings. The summed E-state index contributed by atoms with van der Waals surface area (Å²) in [6.45, 7) is 2.33. The Morgan fingerprint density at radius 2 is 1.61 bits per heavy atom. The number of para-hydroxylation sites is 2. The number of carbonyl (C=O) groups excluding carboxylic acids is 2. The first-order valence-electron chi connectivity index (χ1n) is 9.24. The minimum absolute atomic E-state index is 0.151. The maximum Gasteiger partial charge on any atom is 0.329 e. The molecule has 3 rings (SSSR count). The molecule has 0 saturated carbocycles. The quantitative estimate of drug-likeness (QED) is 0.606. The SMILES string of the molecule is CCCn1c(=O)n(CC(=O)NCC(=O)OCc2ccccc2)c2ccccc21. The summed E-state index contributed by atoms with van der Waals surface area (Å²) in [4.78, 5) is 36.8. The molecule has 2 aromatic carbocycles. The summed E-state index contributed by atoms with van der Waals surface area (Å²) in [6, 6.07) is 16.7. The molecular formula is C21H23N3O4. The van der Waals surface area contributed by atoms with E-state index in [1.54, 1.807) is 4.57 Å². The van der Waals surface area contributed by atoms with Crippen LogP contribution in [-0.4, -0.2) is 27.6 Å². The second-order valence-electron chi connectivity index (χ2n) is 6.43. The van der Waals surface area contributed by atoms with E-state index in [1.165, 1.54) is 4.57 Å². The number of nitrogens with one attached hydrogen (secondary N) is 1. The van der Waals surface area contributed by atoms with E-state index in [0.717, 1.165) is 17.5 Å². The third-order valence-electron chi connectivity index (χ3n) is 4.35. The van der Waals surface area contributed by atoms with Gasteiger partial charge >= 0.3 is 11.7 Å². The third-order valence-corrected chi connectivity index (χ3v) is 4.35. The van der Waals surface area contributed by atoms with Gasteiger partial charge in [-0.1, -0.05) is 49.4 Å². The Morgan fingerprint density at radius 3 is 2.29 bits per heavy atom. The number of ether oxygens (including phenoxy) is 1. The normalized spacial score (nSPS) is 10.8. The fourth-order valence-electron chi connectivity index (χ4n) is 3.02. The molecule has 0 saturated heterocycles. The summed E-state index contributed by atoms with van der Waals surface area (Å²) in [6.07, 6.45) is 0.813. The fourth-order valence-corrected chi connectivity index (χ4v) is 3.02. The van der Waals surface area contributed by atoms with E-state index in [2.05, 4.69) is 5.32 Å². The van der Waals surface area contributed by atoms with Gasteiger partial charge in [-0.25, -0.2) is 4.79 Å². The number of amides is 1. The molecule has 0 aliphatic heterocycles. The number of fused-ring (bicyclic) bond motifs is 1. The van der Waals surface area contributed by atoms with Gasteiger partial charge in [-0.05, 0) is 24.1 Å². The van der Waals surface area contributed by atoms with Crippen molar-refractivity contribution in [3.63, 3.8) is 0 Å². The summed E-state index contributed by atoms with van der Waals surface area (Å²) in [5, 5.41) is 2.52. The van der Waals surface area contributed by atoms with E-state index in [0.29, 0.717) is 12.1 Å². The molecule has 1 heterocycles. The van der Waals surface area contributed by atoms with Crippen LogP contribution in [0.3, 0.4) is 0 Å². The molecule has 7 heteroatoms. The highest BCUT2D eigenvalue weighted by atomic mass is 16.5. The molecule has 146 valence electrons. The van der Waals surface area contributed by atoms with Gasteiger partial charge in [-0.3, -0.25) is 18.7 Å². The predicted molar refractivity (Wildman–Crippen MR) is 106 cm³/mol. The molecule has 0 bridgehead atoms. The van der Waals surface area contributed by atoms with E-state index >= 15 is 0 Å². The summed E-state index contributed by atoms with van der Waals surface area (Å²) in [5.41, 5.74) is 2.13. The van der Waals surface area contributed by atoms with E-state index in [1.807, 2.05) is 61.5 Å². The monoisotopic (exact) mass is 381 g/mol. The molecule has 0 radical (unpaired) electrons. The smallest absolute Gasteiger partial charge is 0.329 e. The lowest BCUT2D eigenvalue weighted by Gasteiger charge is -2.07. The van der Waals surface area contributed by atoms with Crippen LogP contribution < -0.4 is 11.0 Å². The lowest BCUT2D eigenvalue weighted by molar-refractivity contribution is -0.145. The molecular weight excluding hydrogens is 358 g/mol. The van der Waals surface area contributed by atoms with Crippen molar-refractivity contribution >= 4 is 22.9 Å². The number of carbonyl (C=O) groups is 2. The second-order valence-corrected chi connectivity index (χ2v) is 6.43. The minimum Gasteiger partial charge on any atom is -0.460 e. The first-order valence-corrected chi connectivity index (χ1v) is 9.24. The van der Waals surface area contributed by atoms with Gasteiger partial charge in [-0.2, -0.15) is 0 Å². The van der Waals surface area contributed by atoms with Crippen molar-refractivity contribution in [2.75, 3.05) is 6.54 Å². The molecule has 7 nitrogen and oxygen atoms in total. The van der Waals surface area contributed by atoms with Crippen molar-refractivity contribution < 1.29 is 14.3 Å². The maximum atomic E-state index is 12.7. The van der Waals surface area contributed by atoms with Crippen LogP contribution in [0.25, 0.3) is 11.0 Å². The van der Waals surface area contributed by atoms with Crippen molar-refractivity contribution in [2.45, 2.75) is 33.0 Å².